The Morgan fingerprint density at radius 3 is 1.69 bits per heavy atom. The molecule has 0 spiro atoms. The van der Waals surface area contributed by atoms with E-state index in [1.54, 1.807) is 47.9 Å². The lowest BCUT2D eigenvalue weighted by molar-refractivity contribution is -0.138. The minimum absolute atomic E-state index is 0.158. The van der Waals surface area contributed by atoms with Crippen molar-refractivity contribution in [3.05, 3.63) is 130 Å². The number of halogens is 7. The quantitative estimate of drug-likeness (QED) is 0.198. The molecule has 0 aliphatic carbocycles. The van der Waals surface area contributed by atoms with Gasteiger partial charge in [-0.25, -0.2) is 4.98 Å². The summed E-state index contributed by atoms with van der Waals surface area (Å²) in [7, 11) is 0. The van der Waals surface area contributed by atoms with E-state index in [9.17, 15) is 31.4 Å². The van der Waals surface area contributed by atoms with E-state index < -0.39 is 29.1 Å². The number of nitrogens with zero attached hydrogens (tertiary/aromatic N) is 3. The van der Waals surface area contributed by atoms with Crippen molar-refractivity contribution in [3.8, 4) is 22.5 Å². The number of benzene rings is 3. The van der Waals surface area contributed by atoms with Crippen molar-refractivity contribution < 1.29 is 31.4 Å². The summed E-state index contributed by atoms with van der Waals surface area (Å²) in [5.74, 6) is -0.166. The van der Waals surface area contributed by atoms with Gasteiger partial charge in [0, 0.05) is 35.1 Å². The van der Waals surface area contributed by atoms with Crippen LogP contribution in [0.5, 0.6) is 0 Å². The second kappa shape index (κ2) is 10.9. The number of alkyl halides is 6. The zero-order chi connectivity index (χ0) is 30.3. The van der Waals surface area contributed by atoms with Crippen molar-refractivity contribution in [2.75, 3.05) is 0 Å². The zero-order valence-corrected chi connectivity index (χ0v) is 22.6. The maximum absolute atomic E-state index is 13.8. The fraction of sp³-hybridized carbons (Fsp3) is 0.161. The largest absolute Gasteiger partial charge is 0.416 e. The molecule has 0 bridgehead atoms. The van der Waals surface area contributed by atoms with Crippen LogP contribution in [0.15, 0.2) is 97.3 Å². The van der Waals surface area contributed by atoms with Gasteiger partial charge < -0.3 is 9.67 Å². The lowest BCUT2D eigenvalue weighted by atomic mass is 9.83. The van der Waals surface area contributed by atoms with Gasteiger partial charge in [0.1, 0.15) is 0 Å². The first-order chi connectivity index (χ1) is 19.8. The van der Waals surface area contributed by atoms with Crippen LogP contribution in [0.3, 0.4) is 0 Å². The van der Waals surface area contributed by atoms with Crippen LogP contribution >= 0.6 is 11.6 Å². The standard InChI is InChI=1S/C31H22ClF6N3O/c1-2-41-27(20-9-11-25(32)12-10-20)26(19-13-15-39-16-14-19)40-28(41)29(42,21-5-3-7-23(17-21)30(33,34)35)22-6-4-8-24(18-22)31(36,37)38/h3-18,42H,2H2,1H3. The van der Waals surface area contributed by atoms with Gasteiger partial charge in [0.15, 0.2) is 11.4 Å². The Bertz CT molecular complexity index is 1660. The van der Waals surface area contributed by atoms with Crippen molar-refractivity contribution in [2.45, 2.75) is 31.4 Å². The van der Waals surface area contributed by atoms with Crippen LogP contribution in [-0.4, -0.2) is 19.6 Å². The summed E-state index contributed by atoms with van der Waals surface area (Å²) < 4.78 is 84.4. The summed E-state index contributed by atoms with van der Waals surface area (Å²) in [5, 5.41) is 13.0. The number of imidazole rings is 1. The van der Waals surface area contributed by atoms with Crippen molar-refractivity contribution in [1.82, 2.24) is 14.5 Å². The molecule has 1 N–H and O–H groups in total. The highest BCUT2D eigenvalue weighted by molar-refractivity contribution is 6.30. The number of pyridine rings is 1. The summed E-state index contributed by atoms with van der Waals surface area (Å²) in [6.07, 6.45) is -6.50. The molecule has 0 amide bonds. The molecule has 216 valence electrons. The molecule has 0 saturated heterocycles. The minimum Gasteiger partial charge on any atom is -0.373 e. The van der Waals surface area contributed by atoms with Crippen LogP contribution in [0.1, 0.15) is 35.0 Å². The van der Waals surface area contributed by atoms with Gasteiger partial charge in [-0.1, -0.05) is 48.0 Å². The van der Waals surface area contributed by atoms with E-state index in [1.807, 2.05) is 0 Å². The first kappa shape index (κ1) is 29.3. The zero-order valence-electron chi connectivity index (χ0n) is 21.9. The monoisotopic (exact) mass is 601 g/mol. The Morgan fingerprint density at radius 2 is 1.21 bits per heavy atom. The van der Waals surface area contributed by atoms with Crippen LogP contribution < -0.4 is 0 Å². The Kier molecular flexibility index (Phi) is 7.63. The molecule has 0 aliphatic rings. The third kappa shape index (κ3) is 5.39. The van der Waals surface area contributed by atoms with E-state index in [-0.39, 0.29) is 23.5 Å². The van der Waals surface area contributed by atoms with Crippen LogP contribution in [0.25, 0.3) is 22.5 Å². The summed E-state index contributed by atoms with van der Waals surface area (Å²) in [5.41, 5.74) is -3.30. The molecular formula is C31H22ClF6N3O. The number of aliphatic hydroxyl groups is 1. The maximum atomic E-state index is 13.8. The number of hydrogen-bond donors (Lipinski definition) is 1. The SMILES string of the molecule is CCn1c(C(O)(c2cccc(C(F)(F)F)c2)c2cccc(C(F)(F)F)c2)nc(-c2ccncc2)c1-c1ccc(Cl)cc1. The molecule has 2 heterocycles. The smallest absolute Gasteiger partial charge is 0.373 e. The molecule has 3 aromatic carbocycles. The molecule has 0 radical (unpaired) electrons. The molecule has 42 heavy (non-hydrogen) atoms. The van der Waals surface area contributed by atoms with E-state index >= 15 is 0 Å². The fourth-order valence-electron chi connectivity index (χ4n) is 4.91. The molecule has 5 rings (SSSR count). The van der Waals surface area contributed by atoms with Gasteiger partial charge in [0.05, 0.1) is 22.5 Å². The fourth-order valence-corrected chi connectivity index (χ4v) is 5.04. The minimum atomic E-state index is -4.78. The van der Waals surface area contributed by atoms with E-state index in [1.165, 1.54) is 24.5 Å². The number of rotatable bonds is 6. The van der Waals surface area contributed by atoms with E-state index in [0.717, 1.165) is 36.4 Å². The Hall–Kier alpha value is -4.15. The first-order valence-electron chi connectivity index (χ1n) is 12.7. The van der Waals surface area contributed by atoms with Crippen LogP contribution in [0.2, 0.25) is 5.02 Å². The molecule has 0 unspecified atom stereocenters. The molecular weight excluding hydrogens is 580 g/mol. The highest BCUT2D eigenvalue weighted by atomic mass is 35.5. The predicted octanol–water partition coefficient (Wildman–Crippen LogP) is 8.61. The molecule has 0 fully saturated rings. The third-order valence-corrected chi connectivity index (χ3v) is 7.15. The second-order valence-corrected chi connectivity index (χ2v) is 9.92. The van der Waals surface area contributed by atoms with Gasteiger partial charge in [-0.15, -0.1) is 0 Å². The summed E-state index contributed by atoms with van der Waals surface area (Å²) in [4.78, 5) is 8.78. The molecule has 4 nitrogen and oxygen atoms in total. The van der Waals surface area contributed by atoms with Gasteiger partial charge >= 0.3 is 12.4 Å². The highest BCUT2D eigenvalue weighted by Gasteiger charge is 2.43. The van der Waals surface area contributed by atoms with Gasteiger partial charge in [0.25, 0.3) is 0 Å². The van der Waals surface area contributed by atoms with Crippen LogP contribution in [-0.2, 0) is 24.5 Å². The molecule has 11 heteroatoms. The molecule has 0 atom stereocenters. The van der Waals surface area contributed by atoms with Crippen LogP contribution in [0, 0.1) is 0 Å². The second-order valence-electron chi connectivity index (χ2n) is 9.49. The summed E-state index contributed by atoms with van der Waals surface area (Å²) in [6, 6.07) is 17.8. The summed E-state index contributed by atoms with van der Waals surface area (Å²) >= 11 is 6.12. The van der Waals surface area contributed by atoms with Gasteiger partial charge in [-0.2, -0.15) is 26.3 Å². The van der Waals surface area contributed by atoms with Crippen molar-refractivity contribution in [2.24, 2.45) is 0 Å². The predicted molar refractivity (Wildman–Crippen MR) is 147 cm³/mol. The Balaban J connectivity index is 1.89. The third-order valence-electron chi connectivity index (χ3n) is 6.89. The van der Waals surface area contributed by atoms with Crippen molar-refractivity contribution in [3.63, 3.8) is 0 Å². The summed E-state index contributed by atoms with van der Waals surface area (Å²) in [6.45, 7) is 1.89. The molecule has 0 aliphatic heterocycles. The molecule has 5 aromatic rings. The maximum Gasteiger partial charge on any atom is 0.416 e. The lowest BCUT2D eigenvalue weighted by Crippen LogP contribution is -2.33. The topological polar surface area (TPSA) is 50.9 Å². The number of hydrogen-bond acceptors (Lipinski definition) is 3. The normalized spacial score (nSPS) is 12.5. The average molecular weight is 602 g/mol. The van der Waals surface area contributed by atoms with Gasteiger partial charge in [0.2, 0.25) is 0 Å². The average Bonchev–Trinajstić information content (AvgIpc) is 3.37. The Labute approximate surface area is 241 Å². The number of aromatic nitrogens is 3. The van der Waals surface area contributed by atoms with E-state index in [2.05, 4.69) is 4.98 Å². The van der Waals surface area contributed by atoms with Gasteiger partial charge in [-0.3, -0.25) is 4.98 Å². The van der Waals surface area contributed by atoms with Gasteiger partial charge in [-0.05, 0) is 66.6 Å². The highest BCUT2D eigenvalue weighted by Crippen LogP contribution is 2.44. The van der Waals surface area contributed by atoms with Crippen LogP contribution in [0.4, 0.5) is 26.3 Å². The Morgan fingerprint density at radius 1 is 0.714 bits per heavy atom. The van der Waals surface area contributed by atoms with E-state index in [4.69, 9.17) is 16.6 Å². The molecule has 2 aromatic heterocycles. The van der Waals surface area contributed by atoms with E-state index in [0.29, 0.717) is 27.5 Å². The lowest BCUT2D eigenvalue weighted by Gasteiger charge is -2.31. The molecule has 0 saturated carbocycles. The first-order valence-corrected chi connectivity index (χ1v) is 13.1. The van der Waals surface area contributed by atoms with Crippen molar-refractivity contribution >= 4 is 11.6 Å². The van der Waals surface area contributed by atoms with Crippen molar-refractivity contribution in [1.29, 1.82) is 0 Å².